The molecule has 2 aromatic rings. The van der Waals surface area contributed by atoms with Gasteiger partial charge < -0.3 is 15.5 Å². The van der Waals surface area contributed by atoms with E-state index in [0.717, 1.165) is 0 Å². The number of carbonyl (C=O) groups excluding carboxylic acids is 1. The highest BCUT2D eigenvalue weighted by molar-refractivity contribution is 5.80. The van der Waals surface area contributed by atoms with Gasteiger partial charge in [-0.25, -0.2) is 4.98 Å². The highest BCUT2D eigenvalue weighted by Crippen LogP contribution is 2.10. The van der Waals surface area contributed by atoms with Crippen LogP contribution in [0, 0.1) is 0 Å². The molecular weight excluding hydrogens is 262 g/mol. The molecule has 0 fully saturated rings. The Kier molecular flexibility index (Phi) is 4.03. The Morgan fingerprint density at radius 3 is 2.75 bits per heavy atom. The number of nitrogens with zero attached hydrogens (tertiary/aromatic N) is 7. The Bertz CT molecular complexity index is 582. The van der Waals surface area contributed by atoms with Crippen molar-refractivity contribution in [1.82, 2.24) is 35.0 Å². The van der Waals surface area contributed by atoms with Gasteiger partial charge in [-0.3, -0.25) is 4.79 Å². The SMILES string of the molecule is CNC(=O)CN(C)c1nc(NC)nc(-n2cncn2)n1. The van der Waals surface area contributed by atoms with Gasteiger partial charge in [0.1, 0.15) is 12.7 Å². The first-order valence-electron chi connectivity index (χ1n) is 5.84. The van der Waals surface area contributed by atoms with Gasteiger partial charge in [-0.15, -0.1) is 0 Å². The molecule has 0 saturated carbocycles. The quantitative estimate of drug-likeness (QED) is 0.691. The number of carbonyl (C=O) groups is 1. The monoisotopic (exact) mass is 277 g/mol. The number of anilines is 2. The van der Waals surface area contributed by atoms with E-state index in [2.05, 4.69) is 35.7 Å². The zero-order valence-electron chi connectivity index (χ0n) is 11.4. The lowest BCUT2D eigenvalue weighted by molar-refractivity contribution is -0.119. The molecule has 0 unspecified atom stereocenters. The molecule has 0 atom stereocenters. The number of hydrogen-bond acceptors (Lipinski definition) is 8. The Morgan fingerprint density at radius 1 is 1.35 bits per heavy atom. The predicted octanol–water partition coefficient (Wildman–Crippen LogP) is -1.32. The smallest absolute Gasteiger partial charge is 0.258 e. The molecular formula is C10H15N9O. The molecule has 0 aliphatic carbocycles. The van der Waals surface area contributed by atoms with Crippen molar-refractivity contribution >= 4 is 17.8 Å². The average Bonchev–Trinajstić information content (AvgIpc) is 3.00. The third kappa shape index (κ3) is 2.96. The van der Waals surface area contributed by atoms with Crippen molar-refractivity contribution in [2.24, 2.45) is 0 Å². The van der Waals surface area contributed by atoms with E-state index in [9.17, 15) is 4.79 Å². The number of nitrogens with one attached hydrogen (secondary N) is 2. The van der Waals surface area contributed by atoms with Crippen molar-refractivity contribution in [2.45, 2.75) is 0 Å². The van der Waals surface area contributed by atoms with Crippen LogP contribution in [0.5, 0.6) is 0 Å². The van der Waals surface area contributed by atoms with Crippen molar-refractivity contribution in [3.63, 3.8) is 0 Å². The minimum atomic E-state index is -0.138. The number of likely N-dealkylation sites (N-methyl/N-ethyl adjacent to an activating group) is 2. The maximum absolute atomic E-state index is 11.4. The van der Waals surface area contributed by atoms with Crippen LogP contribution in [0.2, 0.25) is 0 Å². The van der Waals surface area contributed by atoms with Gasteiger partial charge in [-0.05, 0) is 0 Å². The van der Waals surface area contributed by atoms with Gasteiger partial charge in [0.25, 0.3) is 5.95 Å². The first-order valence-corrected chi connectivity index (χ1v) is 5.84. The molecule has 2 rings (SSSR count). The van der Waals surface area contributed by atoms with E-state index in [1.54, 1.807) is 26.0 Å². The molecule has 2 N–H and O–H groups in total. The predicted molar refractivity (Wildman–Crippen MR) is 71.6 cm³/mol. The summed E-state index contributed by atoms with van der Waals surface area (Å²) in [7, 11) is 4.99. The summed E-state index contributed by atoms with van der Waals surface area (Å²) in [6.07, 6.45) is 2.87. The topological polar surface area (TPSA) is 114 Å². The lowest BCUT2D eigenvalue weighted by Crippen LogP contribution is -2.34. The molecule has 0 radical (unpaired) electrons. The van der Waals surface area contributed by atoms with E-state index >= 15 is 0 Å². The molecule has 2 heterocycles. The van der Waals surface area contributed by atoms with E-state index in [4.69, 9.17) is 0 Å². The van der Waals surface area contributed by atoms with E-state index < -0.39 is 0 Å². The van der Waals surface area contributed by atoms with Crippen molar-refractivity contribution in [3.05, 3.63) is 12.7 Å². The molecule has 0 spiro atoms. The second kappa shape index (κ2) is 5.91. The molecule has 0 bridgehead atoms. The Labute approximate surface area is 115 Å². The van der Waals surface area contributed by atoms with Crippen LogP contribution in [-0.4, -0.2) is 63.3 Å². The summed E-state index contributed by atoms with van der Waals surface area (Å²) >= 11 is 0. The summed E-state index contributed by atoms with van der Waals surface area (Å²) in [6.45, 7) is 0.139. The second-order valence-electron chi connectivity index (χ2n) is 3.88. The average molecular weight is 277 g/mol. The van der Waals surface area contributed by atoms with Crippen molar-refractivity contribution in [3.8, 4) is 5.95 Å². The number of hydrogen-bond donors (Lipinski definition) is 2. The van der Waals surface area contributed by atoms with Crippen LogP contribution in [0.1, 0.15) is 0 Å². The summed E-state index contributed by atoms with van der Waals surface area (Å²) in [5.74, 6) is 0.921. The fourth-order valence-electron chi connectivity index (χ4n) is 1.42. The van der Waals surface area contributed by atoms with Gasteiger partial charge in [0.2, 0.25) is 17.8 Å². The van der Waals surface area contributed by atoms with Crippen molar-refractivity contribution in [2.75, 3.05) is 37.9 Å². The third-order valence-corrected chi connectivity index (χ3v) is 2.46. The molecule has 20 heavy (non-hydrogen) atoms. The van der Waals surface area contributed by atoms with Crippen LogP contribution in [0.3, 0.4) is 0 Å². The van der Waals surface area contributed by atoms with Crippen LogP contribution in [-0.2, 0) is 4.79 Å². The highest BCUT2D eigenvalue weighted by Gasteiger charge is 2.13. The van der Waals surface area contributed by atoms with Gasteiger partial charge >= 0.3 is 0 Å². The molecule has 0 aliphatic rings. The zero-order chi connectivity index (χ0) is 14.5. The molecule has 1 amide bonds. The van der Waals surface area contributed by atoms with E-state index in [1.807, 2.05) is 0 Å². The van der Waals surface area contributed by atoms with Crippen LogP contribution < -0.4 is 15.5 Å². The molecule has 10 nitrogen and oxygen atoms in total. The standard InChI is InChI=1S/C10H15N9O/c1-11-7(20)4-18(3)9-15-8(12-2)16-10(17-9)19-6-13-5-14-19/h5-6H,4H2,1-3H3,(H,11,20)(H,12,15,16,17). The molecule has 2 aromatic heterocycles. The Hall–Kier alpha value is -2.78. The molecule has 106 valence electrons. The van der Waals surface area contributed by atoms with Gasteiger partial charge in [0, 0.05) is 21.1 Å². The molecule has 0 saturated heterocycles. The minimum Gasteiger partial charge on any atom is -0.358 e. The first-order chi connectivity index (χ1) is 9.63. The summed E-state index contributed by atoms with van der Waals surface area (Å²) in [5.41, 5.74) is 0. The Morgan fingerprint density at radius 2 is 2.15 bits per heavy atom. The number of rotatable bonds is 5. The highest BCUT2D eigenvalue weighted by atomic mass is 16.1. The van der Waals surface area contributed by atoms with E-state index in [-0.39, 0.29) is 12.5 Å². The van der Waals surface area contributed by atoms with E-state index in [1.165, 1.54) is 17.3 Å². The zero-order valence-corrected chi connectivity index (χ0v) is 11.4. The summed E-state index contributed by atoms with van der Waals surface area (Å²) < 4.78 is 1.42. The number of aromatic nitrogens is 6. The number of amides is 1. The fraction of sp³-hybridized carbons (Fsp3) is 0.400. The van der Waals surface area contributed by atoms with Crippen LogP contribution in [0.15, 0.2) is 12.7 Å². The molecule has 10 heteroatoms. The molecule has 0 aromatic carbocycles. The van der Waals surface area contributed by atoms with Gasteiger partial charge in [0.15, 0.2) is 0 Å². The maximum Gasteiger partial charge on any atom is 0.258 e. The minimum absolute atomic E-state index is 0.138. The fourth-order valence-corrected chi connectivity index (χ4v) is 1.42. The van der Waals surface area contributed by atoms with Crippen molar-refractivity contribution in [1.29, 1.82) is 0 Å². The van der Waals surface area contributed by atoms with Crippen LogP contribution in [0.25, 0.3) is 5.95 Å². The van der Waals surface area contributed by atoms with Gasteiger partial charge in [-0.1, -0.05) is 0 Å². The normalized spacial score (nSPS) is 10.2. The van der Waals surface area contributed by atoms with Gasteiger partial charge in [-0.2, -0.15) is 24.7 Å². The molecule has 0 aliphatic heterocycles. The summed E-state index contributed by atoms with van der Waals surface area (Å²) in [6, 6.07) is 0. The lowest BCUT2D eigenvalue weighted by Gasteiger charge is -2.16. The van der Waals surface area contributed by atoms with Crippen LogP contribution in [0.4, 0.5) is 11.9 Å². The van der Waals surface area contributed by atoms with E-state index in [0.29, 0.717) is 17.8 Å². The largest absolute Gasteiger partial charge is 0.358 e. The maximum atomic E-state index is 11.4. The summed E-state index contributed by atoms with van der Waals surface area (Å²) in [4.78, 5) is 29.5. The Balaban J connectivity index is 2.33. The van der Waals surface area contributed by atoms with Gasteiger partial charge in [0.05, 0.1) is 6.54 Å². The summed E-state index contributed by atoms with van der Waals surface area (Å²) in [5, 5.41) is 9.35. The van der Waals surface area contributed by atoms with Crippen LogP contribution >= 0.6 is 0 Å². The first kappa shape index (κ1) is 13.6. The van der Waals surface area contributed by atoms with Crippen molar-refractivity contribution < 1.29 is 4.79 Å². The third-order valence-electron chi connectivity index (χ3n) is 2.46. The second-order valence-corrected chi connectivity index (χ2v) is 3.88. The lowest BCUT2D eigenvalue weighted by atomic mass is 10.5.